The van der Waals surface area contributed by atoms with Crippen molar-refractivity contribution >= 4 is 10.0 Å². The molecule has 0 saturated carbocycles. The van der Waals surface area contributed by atoms with Gasteiger partial charge in [-0.3, -0.25) is 0 Å². The van der Waals surface area contributed by atoms with E-state index in [1.165, 1.54) is 0 Å². The smallest absolute Gasteiger partial charge is 0.240 e. The summed E-state index contributed by atoms with van der Waals surface area (Å²) in [7, 11) is -3.42. The first-order valence-corrected chi connectivity index (χ1v) is 7.32. The largest absolute Gasteiger partial charge is 0.327 e. The molecule has 0 aliphatic rings. The normalized spacial score (nSPS) is 13.6. The fraction of sp³-hybridized carbons (Fsp3) is 0.500. The van der Waals surface area contributed by atoms with E-state index in [0.29, 0.717) is 0 Å². The number of rotatable bonds is 6. The van der Waals surface area contributed by atoms with Gasteiger partial charge in [-0.05, 0) is 30.5 Å². The van der Waals surface area contributed by atoms with Crippen molar-refractivity contribution in [2.75, 3.05) is 6.54 Å². The van der Waals surface area contributed by atoms with Crippen LogP contribution >= 0.6 is 0 Å². The van der Waals surface area contributed by atoms with Gasteiger partial charge in [0.15, 0.2) is 0 Å². The lowest BCUT2D eigenvalue weighted by molar-refractivity contribution is 0.564. The zero-order chi connectivity index (χ0) is 12.9. The summed E-state index contributed by atoms with van der Waals surface area (Å²) < 4.78 is 26.3. The molecule has 0 spiro atoms. The predicted molar refractivity (Wildman–Crippen MR) is 69.3 cm³/mol. The zero-order valence-corrected chi connectivity index (χ0v) is 11.1. The second kappa shape index (κ2) is 6.14. The van der Waals surface area contributed by atoms with Gasteiger partial charge in [0.25, 0.3) is 0 Å². The first-order valence-electron chi connectivity index (χ1n) is 5.83. The summed E-state index contributed by atoms with van der Waals surface area (Å²) in [6.07, 6.45) is 1.64. The van der Waals surface area contributed by atoms with E-state index in [9.17, 15) is 8.42 Å². The highest BCUT2D eigenvalue weighted by atomic mass is 32.2. The molecule has 4 nitrogen and oxygen atoms in total. The van der Waals surface area contributed by atoms with Crippen LogP contribution in [0.15, 0.2) is 29.2 Å². The minimum atomic E-state index is -3.42. The first kappa shape index (κ1) is 14.2. The van der Waals surface area contributed by atoms with Gasteiger partial charge >= 0.3 is 0 Å². The number of nitrogens with two attached hydrogens (primary N) is 1. The Labute approximate surface area is 103 Å². The molecular formula is C12H20N2O2S. The molecule has 0 radical (unpaired) electrons. The standard InChI is InChI=1S/C12H20N2O2S/c1-3-10-5-7-12(8-6-10)17(15,16)14-9-11(13)4-2/h5-8,11,14H,3-4,9,13H2,1-2H3. The molecule has 1 rings (SSSR count). The van der Waals surface area contributed by atoms with Crippen LogP contribution in [0.25, 0.3) is 0 Å². The summed E-state index contributed by atoms with van der Waals surface area (Å²) in [5.41, 5.74) is 6.80. The molecule has 0 amide bonds. The van der Waals surface area contributed by atoms with E-state index in [0.717, 1.165) is 18.4 Å². The lowest BCUT2D eigenvalue weighted by Crippen LogP contribution is -2.36. The molecule has 0 aromatic heterocycles. The van der Waals surface area contributed by atoms with Gasteiger partial charge in [-0.1, -0.05) is 26.0 Å². The van der Waals surface area contributed by atoms with Crippen molar-refractivity contribution in [1.82, 2.24) is 4.72 Å². The molecule has 0 saturated heterocycles. The van der Waals surface area contributed by atoms with Crippen LogP contribution in [0.4, 0.5) is 0 Å². The summed E-state index contributed by atoms with van der Waals surface area (Å²) in [5, 5.41) is 0. The molecule has 5 heteroatoms. The molecule has 96 valence electrons. The van der Waals surface area contributed by atoms with Crippen LogP contribution in [-0.4, -0.2) is 21.0 Å². The first-order chi connectivity index (χ1) is 7.99. The summed E-state index contributed by atoms with van der Waals surface area (Å²) >= 11 is 0. The number of hydrogen-bond acceptors (Lipinski definition) is 3. The SMILES string of the molecule is CCc1ccc(S(=O)(=O)NCC(N)CC)cc1. The van der Waals surface area contributed by atoms with Gasteiger partial charge in [0.1, 0.15) is 0 Å². The predicted octanol–water partition coefficient (Wildman–Crippen LogP) is 1.26. The van der Waals surface area contributed by atoms with E-state index in [4.69, 9.17) is 5.73 Å². The Hall–Kier alpha value is -0.910. The number of aryl methyl sites for hydroxylation is 1. The van der Waals surface area contributed by atoms with Crippen LogP contribution in [0, 0.1) is 0 Å². The van der Waals surface area contributed by atoms with Gasteiger partial charge in [0, 0.05) is 12.6 Å². The lowest BCUT2D eigenvalue weighted by atomic mass is 10.2. The Morgan fingerprint density at radius 2 is 1.82 bits per heavy atom. The van der Waals surface area contributed by atoms with Crippen molar-refractivity contribution in [1.29, 1.82) is 0 Å². The highest BCUT2D eigenvalue weighted by molar-refractivity contribution is 7.89. The van der Waals surface area contributed by atoms with Crippen molar-refractivity contribution in [2.24, 2.45) is 5.73 Å². The van der Waals surface area contributed by atoms with Crippen molar-refractivity contribution in [3.8, 4) is 0 Å². The molecule has 0 aliphatic heterocycles. The third-order valence-corrected chi connectivity index (χ3v) is 4.14. The summed E-state index contributed by atoms with van der Waals surface area (Å²) in [5.74, 6) is 0. The molecular weight excluding hydrogens is 236 g/mol. The molecule has 1 aromatic rings. The topological polar surface area (TPSA) is 72.2 Å². The van der Waals surface area contributed by atoms with Gasteiger partial charge in [-0.2, -0.15) is 0 Å². The average Bonchev–Trinajstić information content (AvgIpc) is 2.36. The van der Waals surface area contributed by atoms with Gasteiger partial charge in [-0.25, -0.2) is 13.1 Å². The van der Waals surface area contributed by atoms with E-state index < -0.39 is 10.0 Å². The minimum Gasteiger partial charge on any atom is -0.327 e. The third-order valence-electron chi connectivity index (χ3n) is 2.70. The highest BCUT2D eigenvalue weighted by Crippen LogP contribution is 2.10. The molecule has 1 unspecified atom stereocenters. The van der Waals surface area contributed by atoms with Crippen molar-refractivity contribution in [2.45, 2.75) is 37.6 Å². The molecule has 1 aromatic carbocycles. The van der Waals surface area contributed by atoms with Crippen LogP contribution < -0.4 is 10.5 Å². The highest BCUT2D eigenvalue weighted by Gasteiger charge is 2.14. The van der Waals surface area contributed by atoms with Crippen LogP contribution in [0.5, 0.6) is 0 Å². The van der Waals surface area contributed by atoms with Crippen molar-refractivity contribution in [3.63, 3.8) is 0 Å². The second-order valence-corrected chi connectivity index (χ2v) is 5.78. The maximum atomic E-state index is 11.9. The zero-order valence-electron chi connectivity index (χ0n) is 10.3. The van der Waals surface area contributed by atoms with Gasteiger partial charge in [0.05, 0.1) is 4.90 Å². The summed E-state index contributed by atoms with van der Waals surface area (Å²) in [4.78, 5) is 0.290. The number of hydrogen-bond donors (Lipinski definition) is 2. The fourth-order valence-electron chi connectivity index (χ4n) is 1.35. The Balaban J connectivity index is 2.75. The Kier molecular flexibility index (Phi) is 5.11. The van der Waals surface area contributed by atoms with Crippen molar-refractivity contribution < 1.29 is 8.42 Å². The second-order valence-electron chi connectivity index (χ2n) is 4.02. The summed E-state index contributed by atoms with van der Waals surface area (Å²) in [6, 6.07) is 6.76. The van der Waals surface area contributed by atoms with Crippen LogP contribution in [0.1, 0.15) is 25.8 Å². The molecule has 3 N–H and O–H groups in total. The maximum absolute atomic E-state index is 11.9. The van der Waals surface area contributed by atoms with E-state index >= 15 is 0 Å². The molecule has 0 aliphatic carbocycles. The van der Waals surface area contributed by atoms with E-state index in [1.807, 2.05) is 26.0 Å². The van der Waals surface area contributed by atoms with E-state index in [1.54, 1.807) is 12.1 Å². The molecule has 0 heterocycles. The van der Waals surface area contributed by atoms with E-state index in [-0.39, 0.29) is 17.5 Å². The Morgan fingerprint density at radius 1 is 1.24 bits per heavy atom. The Morgan fingerprint density at radius 3 is 2.29 bits per heavy atom. The maximum Gasteiger partial charge on any atom is 0.240 e. The lowest BCUT2D eigenvalue weighted by Gasteiger charge is -2.11. The number of nitrogens with one attached hydrogen (secondary N) is 1. The van der Waals surface area contributed by atoms with E-state index in [2.05, 4.69) is 4.72 Å². The monoisotopic (exact) mass is 256 g/mol. The average molecular weight is 256 g/mol. The van der Waals surface area contributed by atoms with Crippen molar-refractivity contribution in [3.05, 3.63) is 29.8 Å². The van der Waals surface area contributed by atoms with Gasteiger partial charge in [0.2, 0.25) is 10.0 Å². The van der Waals surface area contributed by atoms with Crippen LogP contribution in [-0.2, 0) is 16.4 Å². The molecule has 0 bridgehead atoms. The number of sulfonamides is 1. The molecule has 1 atom stereocenters. The molecule has 17 heavy (non-hydrogen) atoms. The Bertz CT molecular complexity index is 440. The quantitative estimate of drug-likeness (QED) is 0.805. The third kappa shape index (κ3) is 4.11. The summed E-state index contributed by atoms with van der Waals surface area (Å²) in [6.45, 7) is 4.23. The van der Waals surface area contributed by atoms with Crippen LogP contribution in [0.3, 0.4) is 0 Å². The number of benzene rings is 1. The molecule has 0 fully saturated rings. The minimum absolute atomic E-state index is 0.139. The van der Waals surface area contributed by atoms with Crippen LogP contribution in [0.2, 0.25) is 0 Å². The van der Waals surface area contributed by atoms with Gasteiger partial charge in [-0.15, -0.1) is 0 Å². The van der Waals surface area contributed by atoms with Gasteiger partial charge < -0.3 is 5.73 Å². The fourth-order valence-corrected chi connectivity index (χ4v) is 2.44.